The number of aliphatic imine (C=N–C) groups is 1. The van der Waals surface area contributed by atoms with Crippen LogP contribution in [0.1, 0.15) is 51.0 Å². The van der Waals surface area contributed by atoms with Gasteiger partial charge in [-0.05, 0) is 38.2 Å². The summed E-state index contributed by atoms with van der Waals surface area (Å²) in [6.07, 6.45) is 7.28. The first-order valence-electron chi connectivity index (χ1n) is 9.63. The Hall–Kier alpha value is -1.31. The lowest BCUT2D eigenvalue weighted by molar-refractivity contribution is -0.121. The van der Waals surface area contributed by atoms with Crippen molar-refractivity contribution < 1.29 is 4.79 Å². The molecule has 0 aromatic heterocycles. The van der Waals surface area contributed by atoms with Crippen molar-refractivity contribution in [1.29, 1.82) is 0 Å². The Labute approximate surface area is 174 Å². The van der Waals surface area contributed by atoms with Crippen molar-refractivity contribution in [2.24, 2.45) is 4.99 Å². The van der Waals surface area contributed by atoms with Crippen molar-refractivity contribution in [2.75, 3.05) is 19.6 Å². The molecule has 0 bridgehead atoms. The third kappa shape index (κ3) is 9.40. The van der Waals surface area contributed by atoms with Crippen LogP contribution in [0.4, 0.5) is 0 Å². The van der Waals surface area contributed by atoms with Crippen LogP contribution in [-0.4, -0.2) is 37.5 Å². The highest BCUT2D eigenvalue weighted by molar-refractivity contribution is 14.0. The summed E-state index contributed by atoms with van der Waals surface area (Å²) in [6, 6.07) is 10.9. The average Bonchev–Trinajstić information content (AvgIpc) is 3.12. The fourth-order valence-corrected chi connectivity index (χ4v) is 3.12. The lowest BCUT2D eigenvalue weighted by Crippen LogP contribution is -2.40. The Balaban J connectivity index is 0.00000338. The predicted molar refractivity (Wildman–Crippen MR) is 119 cm³/mol. The molecule has 0 spiro atoms. The zero-order valence-electron chi connectivity index (χ0n) is 15.8. The zero-order chi connectivity index (χ0) is 17.7. The summed E-state index contributed by atoms with van der Waals surface area (Å²) < 4.78 is 0. The molecule has 0 atom stereocenters. The molecule has 0 radical (unpaired) electrons. The molecule has 3 N–H and O–H groups in total. The van der Waals surface area contributed by atoms with E-state index in [-0.39, 0.29) is 29.9 Å². The molecule has 0 heterocycles. The number of nitrogens with zero attached hydrogens (tertiary/aromatic N) is 1. The number of amides is 1. The second kappa shape index (κ2) is 13.8. The molecule has 1 aliphatic rings. The number of nitrogens with one attached hydrogen (secondary N) is 3. The van der Waals surface area contributed by atoms with Crippen LogP contribution in [0.3, 0.4) is 0 Å². The first-order valence-corrected chi connectivity index (χ1v) is 9.63. The molecule has 146 valence electrons. The van der Waals surface area contributed by atoms with Crippen molar-refractivity contribution in [3.05, 3.63) is 35.9 Å². The number of halogens is 1. The van der Waals surface area contributed by atoms with Gasteiger partial charge in [-0.25, -0.2) is 0 Å². The lowest BCUT2D eigenvalue weighted by atomic mass is 10.1. The fraction of sp³-hybridized carbons (Fsp3) is 0.600. The largest absolute Gasteiger partial charge is 0.357 e. The van der Waals surface area contributed by atoms with Crippen LogP contribution in [0.5, 0.6) is 0 Å². The molecule has 1 aromatic rings. The van der Waals surface area contributed by atoms with Crippen molar-refractivity contribution in [1.82, 2.24) is 16.0 Å². The maximum atomic E-state index is 11.9. The number of aryl methyl sites for hydroxylation is 1. The van der Waals surface area contributed by atoms with E-state index in [1.807, 2.05) is 13.0 Å². The van der Waals surface area contributed by atoms with Crippen LogP contribution < -0.4 is 16.0 Å². The van der Waals surface area contributed by atoms with Crippen molar-refractivity contribution >= 4 is 35.8 Å². The molecule has 6 heteroatoms. The van der Waals surface area contributed by atoms with Gasteiger partial charge in [-0.1, -0.05) is 43.2 Å². The van der Waals surface area contributed by atoms with E-state index in [4.69, 9.17) is 0 Å². The van der Waals surface area contributed by atoms with E-state index in [1.54, 1.807) is 0 Å². The van der Waals surface area contributed by atoms with E-state index in [0.717, 1.165) is 44.7 Å². The number of hydrogen-bond donors (Lipinski definition) is 3. The fourth-order valence-electron chi connectivity index (χ4n) is 3.12. The van der Waals surface area contributed by atoms with Crippen LogP contribution in [-0.2, 0) is 11.2 Å². The maximum Gasteiger partial charge on any atom is 0.221 e. The molecular formula is C20H33IN4O. The first-order chi connectivity index (χ1) is 12.3. The van der Waals surface area contributed by atoms with Gasteiger partial charge in [0.15, 0.2) is 5.96 Å². The average molecular weight is 472 g/mol. The van der Waals surface area contributed by atoms with E-state index in [2.05, 4.69) is 45.2 Å². The second-order valence-corrected chi connectivity index (χ2v) is 6.58. The summed E-state index contributed by atoms with van der Waals surface area (Å²) >= 11 is 0. The zero-order valence-corrected chi connectivity index (χ0v) is 18.1. The van der Waals surface area contributed by atoms with Crippen molar-refractivity contribution in [3.8, 4) is 0 Å². The third-order valence-corrected chi connectivity index (χ3v) is 4.45. The monoisotopic (exact) mass is 472 g/mol. The van der Waals surface area contributed by atoms with E-state index in [0.29, 0.717) is 19.0 Å². The first kappa shape index (κ1) is 22.7. The highest BCUT2D eigenvalue weighted by atomic mass is 127. The summed E-state index contributed by atoms with van der Waals surface area (Å²) in [5, 5.41) is 9.60. The minimum absolute atomic E-state index is 0. The van der Waals surface area contributed by atoms with Gasteiger partial charge in [-0.15, -0.1) is 24.0 Å². The molecule has 1 saturated carbocycles. The van der Waals surface area contributed by atoms with Gasteiger partial charge in [0.2, 0.25) is 5.91 Å². The molecule has 0 saturated heterocycles. The van der Waals surface area contributed by atoms with Gasteiger partial charge in [-0.3, -0.25) is 9.79 Å². The van der Waals surface area contributed by atoms with Crippen LogP contribution in [0.25, 0.3) is 0 Å². The van der Waals surface area contributed by atoms with E-state index >= 15 is 0 Å². The summed E-state index contributed by atoms with van der Waals surface area (Å²) in [4.78, 5) is 16.5. The standard InChI is InChI=1S/C20H32N4O.HI/c1-2-21-20(22-15-8-11-17-9-4-3-5-10-17)23-16-14-19(25)24-18-12-6-7-13-18;/h3-5,9-10,18H,2,6-8,11-16H2,1H3,(H,24,25)(H2,21,22,23);1H. The molecule has 0 unspecified atom stereocenters. The van der Waals surface area contributed by atoms with Gasteiger partial charge >= 0.3 is 0 Å². The topological polar surface area (TPSA) is 65.5 Å². The third-order valence-electron chi connectivity index (χ3n) is 4.45. The number of hydrogen-bond acceptors (Lipinski definition) is 2. The SMILES string of the molecule is CCNC(=NCCCc1ccccc1)NCCC(=O)NC1CCCC1.I. The summed E-state index contributed by atoms with van der Waals surface area (Å²) in [5.41, 5.74) is 1.35. The molecule has 5 nitrogen and oxygen atoms in total. The maximum absolute atomic E-state index is 11.9. The van der Waals surface area contributed by atoms with Gasteiger partial charge in [0.05, 0.1) is 0 Å². The van der Waals surface area contributed by atoms with Gasteiger partial charge in [0, 0.05) is 32.1 Å². The minimum atomic E-state index is 0. The molecule has 1 amide bonds. The molecule has 0 aliphatic heterocycles. The van der Waals surface area contributed by atoms with Crippen LogP contribution in [0.2, 0.25) is 0 Å². The van der Waals surface area contributed by atoms with Crippen molar-refractivity contribution in [2.45, 2.75) is 57.9 Å². The number of benzene rings is 1. The predicted octanol–water partition coefficient (Wildman–Crippen LogP) is 3.24. The normalized spacial score (nSPS) is 14.6. The summed E-state index contributed by atoms with van der Waals surface area (Å²) in [5.74, 6) is 0.934. The quantitative estimate of drug-likeness (QED) is 0.224. The number of carbonyl (C=O) groups is 1. The van der Waals surface area contributed by atoms with E-state index < -0.39 is 0 Å². The number of carbonyl (C=O) groups excluding carboxylic acids is 1. The smallest absolute Gasteiger partial charge is 0.221 e. The molecule has 2 rings (SSSR count). The Bertz CT molecular complexity index is 530. The van der Waals surface area contributed by atoms with Gasteiger partial charge in [0.1, 0.15) is 0 Å². The highest BCUT2D eigenvalue weighted by Crippen LogP contribution is 2.17. The Morgan fingerprint density at radius 2 is 1.88 bits per heavy atom. The minimum Gasteiger partial charge on any atom is -0.357 e. The van der Waals surface area contributed by atoms with Gasteiger partial charge in [0.25, 0.3) is 0 Å². The summed E-state index contributed by atoms with van der Waals surface area (Å²) in [7, 11) is 0. The Morgan fingerprint density at radius 1 is 1.15 bits per heavy atom. The molecule has 26 heavy (non-hydrogen) atoms. The van der Waals surface area contributed by atoms with Gasteiger partial charge in [-0.2, -0.15) is 0 Å². The Kier molecular flexibility index (Phi) is 12.1. The molecule has 1 fully saturated rings. The van der Waals surface area contributed by atoms with Crippen molar-refractivity contribution in [3.63, 3.8) is 0 Å². The highest BCUT2D eigenvalue weighted by Gasteiger charge is 2.16. The lowest BCUT2D eigenvalue weighted by Gasteiger charge is -2.13. The summed E-state index contributed by atoms with van der Waals surface area (Å²) in [6.45, 7) is 4.26. The number of rotatable bonds is 9. The second-order valence-electron chi connectivity index (χ2n) is 6.58. The number of guanidine groups is 1. The van der Waals surface area contributed by atoms with E-state index in [9.17, 15) is 4.79 Å². The molecule has 1 aromatic carbocycles. The van der Waals surface area contributed by atoms with E-state index in [1.165, 1.54) is 18.4 Å². The van der Waals surface area contributed by atoms with Gasteiger partial charge < -0.3 is 16.0 Å². The van der Waals surface area contributed by atoms with Crippen LogP contribution >= 0.6 is 24.0 Å². The van der Waals surface area contributed by atoms with Crippen LogP contribution in [0, 0.1) is 0 Å². The Morgan fingerprint density at radius 3 is 2.58 bits per heavy atom. The molecular weight excluding hydrogens is 439 g/mol. The van der Waals surface area contributed by atoms with Crippen LogP contribution in [0.15, 0.2) is 35.3 Å². The molecule has 1 aliphatic carbocycles.